The van der Waals surface area contributed by atoms with Crippen LogP contribution in [0.4, 0.5) is 17.1 Å². The van der Waals surface area contributed by atoms with E-state index in [1.165, 1.54) is 11.3 Å². The average molecular weight is 508 g/mol. The van der Waals surface area contributed by atoms with Gasteiger partial charge in [-0.3, -0.25) is 4.79 Å². The molecule has 0 radical (unpaired) electrons. The molecule has 1 atom stereocenters. The van der Waals surface area contributed by atoms with Crippen molar-refractivity contribution in [3.05, 3.63) is 89.0 Å². The molecule has 2 heterocycles. The summed E-state index contributed by atoms with van der Waals surface area (Å²) in [4.78, 5) is 20.4. The number of carbonyl (C=O) groups is 1. The van der Waals surface area contributed by atoms with Gasteiger partial charge in [0.2, 0.25) is 0 Å². The second kappa shape index (κ2) is 11.2. The number of benzene rings is 3. The largest absolute Gasteiger partial charge is 0.382 e. The highest BCUT2D eigenvalue weighted by atomic mass is 16.2. The van der Waals surface area contributed by atoms with Crippen molar-refractivity contribution >= 4 is 23.0 Å². The second-order valence-electron chi connectivity index (χ2n) is 10.6. The van der Waals surface area contributed by atoms with E-state index < -0.39 is 0 Å². The maximum absolute atomic E-state index is 13.7. The highest BCUT2D eigenvalue weighted by Gasteiger charge is 2.29. The maximum Gasteiger partial charge on any atom is 0.254 e. The fraction of sp³-hybridized carbons (Fsp3) is 0.375. The number of piperazine rings is 1. The van der Waals surface area contributed by atoms with Gasteiger partial charge >= 0.3 is 0 Å². The first-order chi connectivity index (χ1) is 18.4. The first-order valence-electron chi connectivity index (χ1n) is 13.7. The zero-order valence-corrected chi connectivity index (χ0v) is 22.7. The summed E-state index contributed by atoms with van der Waals surface area (Å²) in [6.07, 6.45) is 1.96. The first kappa shape index (κ1) is 25.7. The monoisotopic (exact) mass is 507 g/mol. The zero-order valence-electron chi connectivity index (χ0n) is 22.7. The van der Waals surface area contributed by atoms with Crippen LogP contribution in [-0.2, 0) is 0 Å². The van der Waals surface area contributed by atoms with Crippen LogP contribution < -0.4 is 15.1 Å². The quantitative estimate of drug-likeness (QED) is 0.487. The van der Waals surface area contributed by atoms with Crippen LogP contribution in [0.5, 0.6) is 0 Å². The number of amides is 1. The van der Waals surface area contributed by atoms with E-state index in [0.717, 1.165) is 67.1 Å². The molecule has 1 amide bonds. The molecule has 38 heavy (non-hydrogen) atoms. The number of rotatable bonds is 5. The number of hydrogen-bond acceptors (Lipinski definition) is 5. The molecular weight excluding hydrogens is 470 g/mol. The van der Waals surface area contributed by atoms with Crippen molar-refractivity contribution in [1.29, 1.82) is 5.26 Å². The van der Waals surface area contributed by atoms with Crippen LogP contribution in [0.3, 0.4) is 0 Å². The van der Waals surface area contributed by atoms with E-state index in [1.54, 1.807) is 0 Å². The summed E-state index contributed by atoms with van der Waals surface area (Å²) in [7, 11) is 0. The molecule has 2 saturated heterocycles. The Morgan fingerprint density at radius 2 is 1.63 bits per heavy atom. The number of hydrogen-bond donors (Lipinski definition) is 1. The summed E-state index contributed by atoms with van der Waals surface area (Å²) in [5, 5.41) is 13.2. The zero-order chi connectivity index (χ0) is 26.6. The van der Waals surface area contributed by atoms with E-state index >= 15 is 0 Å². The molecule has 0 spiro atoms. The molecule has 0 aliphatic carbocycles. The Labute approximate surface area is 226 Å². The topological polar surface area (TPSA) is 62.6 Å². The third kappa shape index (κ3) is 5.33. The Balaban J connectivity index is 1.24. The van der Waals surface area contributed by atoms with Crippen LogP contribution in [0.1, 0.15) is 46.8 Å². The summed E-state index contributed by atoms with van der Waals surface area (Å²) in [6.45, 7) is 10.4. The van der Waals surface area contributed by atoms with E-state index in [2.05, 4.69) is 71.4 Å². The molecule has 1 unspecified atom stereocenters. The highest BCUT2D eigenvalue weighted by molar-refractivity contribution is 5.97. The van der Waals surface area contributed by atoms with Crippen LogP contribution in [0, 0.1) is 25.2 Å². The van der Waals surface area contributed by atoms with Crippen LogP contribution >= 0.6 is 0 Å². The number of carbonyl (C=O) groups excluding carboxylic acids is 1. The molecule has 2 fully saturated rings. The molecule has 196 valence electrons. The molecule has 2 aliphatic rings. The van der Waals surface area contributed by atoms with Crippen LogP contribution in [0.2, 0.25) is 0 Å². The summed E-state index contributed by atoms with van der Waals surface area (Å²) in [5.41, 5.74) is 7.00. The number of nitrogens with zero attached hydrogens (tertiary/aromatic N) is 4. The summed E-state index contributed by atoms with van der Waals surface area (Å²) in [6, 6.07) is 25.4. The first-order valence-corrected chi connectivity index (χ1v) is 13.7. The smallest absolute Gasteiger partial charge is 0.254 e. The Hall–Kier alpha value is -3.98. The van der Waals surface area contributed by atoms with Crippen molar-refractivity contribution in [1.82, 2.24) is 4.90 Å². The number of nitrogens with one attached hydrogen (secondary N) is 1. The van der Waals surface area contributed by atoms with E-state index in [4.69, 9.17) is 0 Å². The minimum Gasteiger partial charge on any atom is -0.382 e. The normalized spacial score (nSPS) is 18.3. The molecule has 0 saturated carbocycles. The standard InChI is InChI=1S/C32H37N5O/c1-23-19-24(2)30(34-27-13-15-35(16-14-27)31-12-8-7-9-26(31)21-33)20-29(23)32(38)36-17-18-37(25(3)22-36)28-10-5-4-6-11-28/h4-12,19-20,25,27,34H,13-18,22H2,1-3H3. The predicted molar refractivity (Wildman–Crippen MR) is 155 cm³/mol. The molecule has 3 aromatic rings. The molecule has 1 N–H and O–H groups in total. The minimum atomic E-state index is 0.119. The Bertz CT molecular complexity index is 1320. The molecule has 6 heteroatoms. The van der Waals surface area contributed by atoms with Crippen LogP contribution in [0.15, 0.2) is 66.7 Å². The maximum atomic E-state index is 13.7. The number of piperidine rings is 1. The van der Waals surface area contributed by atoms with E-state index in [1.807, 2.05) is 42.2 Å². The van der Waals surface area contributed by atoms with Crippen molar-refractivity contribution in [2.24, 2.45) is 0 Å². The fourth-order valence-corrected chi connectivity index (χ4v) is 5.88. The number of nitriles is 1. The van der Waals surface area contributed by atoms with E-state index in [-0.39, 0.29) is 11.9 Å². The van der Waals surface area contributed by atoms with Crippen molar-refractivity contribution in [3.63, 3.8) is 0 Å². The van der Waals surface area contributed by atoms with Crippen molar-refractivity contribution in [2.75, 3.05) is 47.8 Å². The number of anilines is 3. The number of aryl methyl sites for hydroxylation is 2. The van der Waals surface area contributed by atoms with Gasteiger partial charge in [-0.2, -0.15) is 5.26 Å². The Morgan fingerprint density at radius 1 is 0.921 bits per heavy atom. The van der Waals surface area contributed by atoms with Crippen LogP contribution in [-0.4, -0.2) is 55.6 Å². The molecule has 2 aliphatic heterocycles. The Kier molecular flexibility index (Phi) is 7.55. The molecular formula is C32H37N5O. The lowest BCUT2D eigenvalue weighted by Gasteiger charge is -2.41. The summed E-state index contributed by atoms with van der Waals surface area (Å²) < 4.78 is 0. The minimum absolute atomic E-state index is 0.119. The molecule has 3 aromatic carbocycles. The van der Waals surface area contributed by atoms with E-state index in [9.17, 15) is 10.1 Å². The highest BCUT2D eigenvalue weighted by Crippen LogP contribution is 2.28. The molecule has 0 aromatic heterocycles. The third-order valence-corrected chi connectivity index (χ3v) is 8.02. The van der Waals surface area contributed by atoms with Gasteiger partial charge in [0.15, 0.2) is 0 Å². The average Bonchev–Trinajstić information content (AvgIpc) is 2.95. The third-order valence-electron chi connectivity index (χ3n) is 8.02. The molecule has 0 bridgehead atoms. The van der Waals surface area contributed by atoms with Gasteiger partial charge in [0.05, 0.1) is 11.3 Å². The predicted octanol–water partition coefficient (Wildman–Crippen LogP) is 5.61. The number of para-hydroxylation sites is 2. The van der Waals surface area contributed by atoms with Gasteiger partial charge in [0.1, 0.15) is 6.07 Å². The SMILES string of the molecule is Cc1cc(C)c(C(=O)N2CCN(c3ccccc3)C(C)C2)cc1NC1CCN(c2ccccc2C#N)CC1. The lowest BCUT2D eigenvalue weighted by Crippen LogP contribution is -2.53. The summed E-state index contributed by atoms with van der Waals surface area (Å²) >= 11 is 0. The van der Waals surface area contributed by atoms with Gasteiger partial charge in [-0.25, -0.2) is 0 Å². The van der Waals surface area contributed by atoms with Gasteiger partial charge in [-0.05, 0) is 75.1 Å². The van der Waals surface area contributed by atoms with Gasteiger partial charge in [0.25, 0.3) is 5.91 Å². The summed E-state index contributed by atoms with van der Waals surface area (Å²) in [5.74, 6) is 0.119. The van der Waals surface area contributed by atoms with Gasteiger partial charge in [-0.15, -0.1) is 0 Å². The molecule has 5 rings (SSSR count). The van der Waals surface area contributed by atoms with Crippen molar-refractivity contribution in [2.45, 2.75) is 45.7 Å². The second-order valence-corrected chi connectivity index (χ2v) is 10.6. The van der Waals surface area contributed by atoms with Crippen molar-refractivity contribution in [3.8, 4) is 6.07 Å². The molecule has 6 nitrogen and oxygen atoms in total. The van der Waals surface area contributed by atoms with Gasteiger partial charge < -0.3 is 20.0 Å². The fourth-order valence-electron chi connectivity index (χ4n) is 5.88. The van der Waals surface area contributed by atoms with Crippen molar-refractivity contribution < 1.29 is 4.79 Å². The Morgan fingerprint density at radius 3 is 2.34 bits per heavy atom. The van der Waals surface area contributed by atoms with Crippen LogP contribution in [0.25, 0.3) is 0 Å². The van der Waals surface area contributed by atoms with Gasteiger partial charge in [-0.1, -0.05) is 36.4 Å². The lowest BCUT2D eigenvalue weighted by molar-refractivity contribution is 0.0725. The lowest BCUT2D eigenvalue weighted by atomic mass is 9.99. The van der Waals surface area contributed by atoms with E-state index in [0.29, 0.717) is 12.6 Å². The van der Waals surface area contributed by atoms with Gasteiger partial charge in [0, 0.05) is 61.7 Å².